The lowest BCUT2D eigenvalue weighted by molar-refractivity contribution is -0.139. The van der Waals surface area contributed by atoms with E-state index >= 15 is 0 Å². The van der Waals surface area contributed by atoms with E-state index in [9.17, 15) is 14.9 Å². The number of carbonyl (C=O) groups excluding carboxylic acids is 1. The van der Waals surface area contributed by atoms with Crippen molar-refractivity contribution < 1.29 is 19.0 Å². The van der Waals surface area contributed by atoms with Gasteiger partial charge in [0.15, 0.2) is 11.5 Å². The number of aromatic amines is 1. The molecule has 1 unspecified atom stereocenters. The van der Waals surface area contributed by atoms with Gasteiger partial charge in [-0.05, 0) is 25.5 Å². The zero-order valence-electron chi connectivity index (χ0n) is 16.9. The second kappa shape index (κ2) is 7.88. The molecule has 0 spiro atoms. The number of pyridine rings is 1. The van der Waals surface area contributed by atoms with Crippen molar-refractivity contribution in [3.8, 4) is 23.6 Å². The highest BCUT2D eigenvalue weighted by atomic mass is 16.7. The number of benzene rings is 1. The van der Waals surface area contributed by atoms with Crippen LogP contribution in [-0.2, 0) is 9.53 Å². The summed E-state index contributed by atoms with van der Waals surface area (Å²) in [7, 11) is 0. The van der Waals surface area contributed by atoms with E-state index in [0.717, 1.165) is 5.56 Å². The van der Waals surface area contributed by atoms with Crippen molar-refractivity contribution in [1.82, 2.24) is 4.98 Å². The molecule has 0 amide bonds. The van der Waals surface area contributed by atoms with Gasteiger partial charge in [0.1, 0.15) is 12.7 Å². The zero-order chi connectivity index (χ0) is 22.1. The van der Waals surface area contributed by atoms with Crippen LogP contribution in [-0.4, -0.2) is 24.4 Å². The molecule has 1 aromatic heterocycles. The third-order valence-electron chi connectivity index (χ3n) is 5.27. The molecule has 9 nitrogen and oxygen atoms in total. The number of nitriles is 2. The van der Waals surface area contributed by atoms with Gasteiger partial charge in [-0.2, -0.15) is 10.5 Å². The van der Waals surface area contributed by atoms with Crippen LogP contribution in [0.15, 0.2) is 34.4 Å². The standard InChI is InChI=1S/C22H18N4O5/c1-11-9-25-21(27)17-16(14-5-4-13(8-24)19-20(14)31-10-30-19)15(12(2)26-18(11)17)22(28)29-7-3-6-23/h4-5,9,16,26H,3,7,10H2,1-2H3,(H,25,27). The number of rotatable bonds is 4. The molecule has 0 bridgehead atoms. The average Bonchev–Trinajstić information content (AvgIpc) is 3.25. The normalized spacial score (nSPS) is 16.1. The van der Waals surface area contributed by atoms with E-state index < -0.39 is 11.9 Å². The van der Waals surface area contributed by atoms with Crippen molar-refractivity contribution in [2.45, 2.75) is 26.2 Å². The molecule has 2 N–H and O–H groups in total. The first-order valence-electron chi connectivity index (χ1n) is 9.54. The van der Waals surface area contributed by atoms with Gasteiger partial charge in [-0.25, -0.2) is 4.79 Å². The zero-order valence-corrected chi connectivity index (χ0v) is 16.9. The number of nitrogens with zero attached hydrogens (tertiary/aromatic N) is 2. The Balaban J connectivity index is 1.95. The number of hydrogen-bond donors (Lipinski definition) is 2. The summed E-state index contributed by atoms with van der Waals surface area (Å²) in [5, 5.41) is 21.3. The molecule has 2 aliphatic rings. The van der Waals surface area contributed by atoms with Gasteiger partial charge in [-0.15, -0.1) is 0 Å². The van der Waals surface area contributed by atoms with Crippen molar-refractivity contribution in [2.75, 3.05) is 18.7 Å². The van der Waals surface area contributed by atoms with E-state index in [1.807, 2.05) is 13.0 Å². The van der Waals surface area contributed by atoms with Gasteiger partial charge < -0.3 is 24.5 Å². The van der Waals surface area contributed by atoms with E-state index in [0.29, 0.717) is 33.8 Å². The Hall–Kier alpha value is -4.24. The molecule has 156 valence electrons. The van der Waals surface area contributed by atoms with Gasteiger partial charge in [0.2, 0.25) is 6.79 Å². The third-order valence-corrected chi connectivity index (χ3v) is 5.27. The summed E-state index contributed by atoms with van der Waals surface area (Å²) in [4.78, 5) is 28.7. The van der Waals surface area contributed by atoms with Crippen LogP contribution in [0.4, 0.5) is 5.69 Å². The minimum Gasteiger partial charge on any atom is -0.461 e. The highest BCUT2D eigenvalue weighted by molar-refractivity contribution is 5.95. The molecule has 1 aromatic carbocycles. The number of hydrogen-bond acceptors (Lipinski definition) is 8. The van der Waals surface area contributed by atoms with Crippen molar-refractivity contribution in [3.63, 3.8) is 0 Å². The van der Waals surface area contributed by atoms with Crippen LogP contribution >= 0.6 is 0 Å². The smallest absolute Gasteiger partial charge is 0.336 e. The molecule has 4 rings (SSSR count). The van der Waals surface area contributed by atoms with Crippen LogP contribution in [0.5, 0.6) is 11.5 Å². The molecule has 2 aliphatic heterocycles. The Bertz CT molecular complexity index is 1260. The van der Waals surface area contributed by atoms with Gasteiger partial charge in [-0.3, -0.25) is 4.79 Å². The topological polar surface area (TPSA) is 137 Å². The largest absolute Gasteiger partial charge is 0.461 e. The number of carbonyl (C=O) groups is 1. The number of H-pyrrole nitrogens is 1. The number of fused-ring (bicyclic) bond motifs is 2. The summed E-state index contributed by atoms with van der Waals surface area (Å²) in [5.74, 6) is -0.876. The summed E-state index contributed by atoms with van der Waals surface area (Å²) >= 11 is 0. The fraction of sp³-hybridized carbons (Fsp3) is 0.273. The number of aromatic nitrogens is 1. The quantitative estimate of drug-likeness (QED) is 0.571. The summed E-state index contributed by atoms with van der Waals surface area (Å²) in [6, 6.07) is 7.21. The predicted octanol–water partition coefficient (Wildman–Crippen LogP) is 2.57. The van der Waals surface area contributed by atoms with Crippen molar-refractivity contribution in [2.24, 2.45) is 0 Å². The first-order valence-corrected chi connectivity index (χ1v) is 9.54. The van der Waals surface area contributed by atoms with Crippen molar-refractivity contribution >= 4 is 11.7 Å². The van der Waals surface area contributed by atoms with Crippen LogP contribution < -0.4 is 20.3 Å². The number of aryl methyl sites for hydroxylation is 1. The highest BCUT2D eigenvalue weighted by Crippen LogP contribution is 2.49. The molecule has 9 heteroatoms. The second-order valence-electron chi connectivity index (χ2n) is 7.11. The molecule has 1 atom stereocenters. The lowest BCUT2D eigenvalue weighted by atomic mass is 9.80. The second-order valence-corrected chi connectivity index (χ2v) is 7.11. The Morgan fingerprint density at radius 3 is 2.77 bits per heavy atom. The highest BCUT2D eigenvalue weighted by Gasteiger charge is 2.39. The summed E-state index contributed by atoms with van der Waals surface area (Å²) in [5.41, 5.74) is 2.90. The molecule has 2 aromatic rings. The van der Waals surface area contributed by atoms with E-state index in [2.05, 4.69) is 16.4 Å². The maximum Gasteiger partial charge on any atom is 0.336 e. The van der Waals surface area contributed by atoms with Crippen LogP contribution in [0.1, 0.15) is 41.5 Å². The number of allylic oxidation sites excluding steroid dienone is 1. The molecule has 0 radical (unpaired) electrons. The summed E-state index contributed by atoms with van der Waals surface area (Å²) in [6.07, 6.45) is 1.65. The van der Waals surface area contributed by atoms with E-state index in [-0.39, 0.29) is 36.7 Å². The molecule has 0 fully saturated rings. The molecular formula is C22H18N4O5. The van der Waals surface area contributed by atoms with Gasteiger partial charge in [-0.1, -0.05) is 6.07 Å². The van der Waals surface area contributed by atoms with E-state index in [1.165, 1.54) is 0 Å². The minimum atomic E-state index is -0.822. The molecular weight excluding hydrogens is 400 g/mol. The Labute approximate surface area is 177 Å². The Kier molecular flexibility index (Phi) is 5.10. The lowest BCUT2D eigenvalue weighted by Gasteiger charge is -2.30. The van der Waals surface area contributed by atoms with Gasteiger partial charge >= 0.3 is 5.97 Å². The monoisotopic (exact) mass is 418 g/mol. The lowest BCUT2D eigenvalue weighted by Crippen LogP contribution is -2.30. The number of anilines is 1. The minimum absolute atomic E-state index is 0.0512. The molecule has 0 saturated heterocycles. The van der Waals surface area contributed by atoms with Gasteiger partial charge in [0.25, 0.3) is 5.56 Å². The fourth-order valence-corrected chi connectivity index (χ4v) is 3.89. The predicted molar refractivity (Wildman–Crippen MR) is 108 cm³/mol. The molecule has 31 heavy (non-hydrogen) atoms. The first kappa shape index (κ1) is 20.0. The third kappa shape index (κ3) is 3.26. The van der Waals surface area contributed by atoms with Crippen LogP contribution in [0.2, 0.25) is 0 Å². The van der Waals surface area contributed by atoms with E-state index in [4.69, 9.17) is 19.5 Å². The van der Waals surface area contributed by atoms with Crippen molar-refractivity contribution in [3.05, 3.63) is 62.2 Å². The van der Waals surface area contributed by atoms with E-state index in [1.54, 1.807) is 25.3 Å². The molecule has 0 saturated carbocycles. The number of nitrogens with one attached hydrogen (secondary N) is 2. The first-order chi connectivity index (χ1) is 15.0. The fourth-order valence-electron chi connectivity index (χ4n) is 3.89. The Morgan fingerprint density at radius 2 is 2.03 bits per heavy atom. The maximum atomic E-state index is 13.0. The summed E-state index contributed by atoms with van der Waals surface area (Å²) < 4.78 is 16.4. The maximum absolute atomic E-state index is 13.0. The molecule has 3 heterocycles. The van der Waals surface area contributed by atoms with Crippen LogP contribution in [0.25, 0.3) is 0 Å². The molecule has 0 aliphatic carbocycles. The number of ether oxygens (including phenoxy) is 3. The van der Waals surface area contributed by atoms with Gasteiger partial charge in [0, 0.05) is 17.5 Å². The summed E-state index contributed by atoms with van der Waals surface area (Å²) in [6.45, 7) is 3.42. The Morgan fingerprint density at radius 1 is 1.26 bits per heavy atom. The SMILES string of the molecule is CC1=C(C(=O)OCCC#N)C(c2ccc(C#N)c3c2OCO3)c2c(c(C)c[nH]c2=O)N1. The average molecular weight is 418 g/mol. The number of esters is 1. The van der Waals surface area contributed by atoms with Crippen LogP contribution in [0, 0.1) is 29.6 Å². The van der Waals surface area contributed by atoms with Crippen LogP contribution in [0.3, 0.4) is 0 Å². The van der Waals surface area contributed by atoms with Gasteiger partial charge in [0.05, 0.1) is 40.8 Å². The van der Waals surface area contributed by atoms with Crippen molar-refractivity contribution in [1.29, 1.82) is 10.5 Å².